The molecule has 89 heavy (non-hydrogen) atoms. The van der Waals surface area contributed by atoms with Crippen LogP contribution in [0.4, 0.5) is 0 Å². The molecule has 12 atom stereocenters. The lowest BCUT2D eigenvalue weighted by atomic mass is 9.97. The predicted octanol–water partition coefficient (Wildman–Crippen LogP) is 16.3. The minimum absolute atomic E-state index is 0.232. The number of aliphatic hydroxyl groups is 8. The van der Waals surface area contributed by atoms with Crippen LogP contribution in [-0.4, -0.2) is 140 Å². The molecule has 0 aliphatic carbocycles. The van der Waals surface area contributed by atoms with E-state index >= 15 is 0 Å². The number of hydrogen-bond acceptors (Lipinski definition) is 13. The van der Waals surface area contributed by atoms with Gasteiger partial charge in [-0.05, 0) is 44.9 Å². The topological polar surface area (TPSA) is 228 Å². The molecule has 0 bridgehead atoms. The molecule has 0 saturated carbocycles. The standard InChI is InChI=1S/C75H143NO13/c1-3-5-7-9-11-13-15-17-19-21-23-25-27-29-31-33-34-36-38-40-42-44-46-48-50-52-54-56-58-64(79)63(62-86-74-72(85)70(83)73(66(61-78)88-74)89-75-71(84)69(82)68(81)65(60-77)87-75)76-67(80)59-57-55-53-51-49-47-45-43-41-39-37-35-32-30-28-26-24-22-20-18-16-14-12-10-8-6-4-2/h22,24,56,58,63-66,68-75,77-79,81-85H,3-21,23,25-55,57,59-62H2,1-2H3,(H,76,80)/b24-22-,58-56+. The van der Waals surface area contributed by atoms with E-state index in [0.717, 1.165) is 38.5 Å². The molecule has 2 fully saturated rings. The summed E-state index contributed by atoms with van der Waals surface area (Å²) >= 11 is 0. The highest BCUT2D eigenvalue weighted by Gasteiger charge is 2.51. The third kappa shape index (κ3) is 44.0. The molecule has 2 aliphatic rings. The molecule has 14 heteroatoms. The number of hydrogen-bond donors (Lipinski definition) is 9. The van der Waals surface area contributed by atoms with Crippen LogP contribution >= 0.6 is 0 Å². The first kappa shape index (κ1) is 83.6. The molecule has 1 amide bonds. The molecule has 9 N–H and O–H groups in total. The summed E-state index contributed by atoms with van der Waals surface area (Å²) in [5, 5.41) is 87.6. The Morgan fingerprint density at radius 3 is 1.07 bits per heavy atom. The monoisotopic (exact) mass is 1270 g/mol. The van der Waals surface area contributed by atoms with Crippen LogP contribution in [0.1, 0.15) is 354 Å². The van der Waals surface area contributed by atoms with Crippen LogP contribution < -0.4 is 5.32 Å². The Morgan fingerprint density at radius 2 is 0.708 bits per heavy atom. The van der Waals surface area contributed by atoms with Gasteiger partial charge in [0.05, 0.1) is 32.0 Å². The lowest BCUT2D eigenvalue weighted by Crippen LogP contribution is -2.65. The van der Waals surface area contributed by atoms with E-state index in [0.29, 0.717) is 6.42 Å². The molecule has 0 radical (unpaired) electrons. The quantitative estimate of drug-likeness (QED) is 0.0204. The third-order valence-corrected chi connectivity index (χ3v) is 18.9. The van der Waals surface area contributed by atoms with E-state index in [4.69, 9.17) is 18.9 Å². The molecule has 0 aromatic heterocycles. The van der Waals surface area contributed by atoms with Gasteiger partial charge in [0.2, 0.25) is 5.91 Å². The summed E-state index contributed by atoms with van der Waals surface area (Å²) < 4.78 is 22.9. The van der Waals surface area contributed by atoms with Crippen LogP contribution in [0.15, 0.2) is 24.3 Å². The Bertz CT molecular complexity index is 1590. The number of unbranched alkanes of at least 4 members (excludes halogenated alkanes) is 49. The van der Waals surface area contributed by atoms with Gasteiger partial charge in [0.1, 0.15) is 48.8 Å². The van der Waals surface area contributed by atoms with Crippen LogP contribution in [-0.2, 0) is 23.7 Å². The molecular formula is C75H143NO13. The first-order valence-electron chi connectivity index (χ1n) is 38.1. The normalized spacial score (nSPS) is 23.1. The maximum absolute atomic E-state index is 13.4. The van der Waals surface area contributed by atoms with Gasteiger partial charge in [0.15, 0.2) is 12.6 Å². The second kappa shape index (κ2) is 60.2. The van der Waals surface area contributed by atoms with Gasteiger partial charge in [-0.25, -0.2) is 0 Å². The van der Waals surface area contributed by atoms with Crippen LogP contribution in [0.5, 0.6) is 0 Å². The number of nitrogens with one attached hydrogen (secondary N) is 1. The number of ether oxygens (including phenoxy) is 4. The Kier molecular flexibility index (Phi) is 56.5. The fourth-order valence-corrected chi connectivity index (χ4v) is 12.8. The van der Waals surface area contributed by atoms with E-state index in [2.05, 4.69) is 31.3 Å². The van der Waals surface area contributed by atoms with Gasteiger partial charge >= 0.3 is 0 Å². The number of amides is 1. The minimum atomic E-state index is -1.79. The van der Waals surface area contributed by atoms with Gasteiger partial charge in [0, 0.05) is 6.42 Å². The van der Waals surface area contributed by atoms with Crippen molar-refractivity contribution in [1.82, 2.24) is 5.32 Å². The number of allylic oxidation sites excluding steroid dienone is 3. The highest BCUT2D eigenvalue weighted by Crippen LogP contribution is 2.30. The lowest BCUT2D eigenvalue weighted by molar-refractivity contribution is -0.359. The number of aliphatic hydroxyl groups excluding tert-OH is 8. The van der Waals surface area contributed by atoms with Crippen molar-refractivity contribution in [3.05, 3.63) is 24.3 Å². The van der Waals surface area contributed by atoms with Crippen LogP contribution in [0.2, 0.25) is 0 Å². The summed E-state index contributed by atoms with van der Waals surface area (Å²) in [5.74, 6) is -0.232. The zero-order valence-corrected chi connectivity index (χ0v) is 57.5. The maximum atomic E-state index is 13.4. The van der Waals surface area contributed by atoms with Crippen molar-refractivity contribution in [2.24, 2.45) is 0 Å². The summed E-state index contributed by atoms with van der Waals surface area (Å²) in [6.07, 6.45) is 59.6. The Labute approximate surface area is 545 Å². The predicted molar refractivity (Wildman–Crippen MR) is 365 cm³/mol. The second-order valence-corrected chi connectivity index (χ2v) is 27.1. The summed E-state index contributed by atoms with van der Waals surface area (Å²) in [6, 6.07) is -0.914. The van der Waals surface area contributed by atoms with Crippen molar-refractivity contribution in [1.29, 1.82) is 0 Å². The molecule has 0 spiro atoms. The summed E-state index contributed by atoms with van der Waals surface area (Å²) in [4.78, 5) is 13.4. The smallest absolute Gasteiger partial charge is 0.220 e. The van der Waals surface area contributed by atoms with Crippen LogP contribution in [0.25, 0.3) is 0 Å². The Balaban J connectivity index is 1.65. The van der Waals surface area contributed by atoms with Gasteiger partial charge in [0.25, 0.3) is 0 Å². The highest BCUT2D eigenvalue weighted by molar-refractivity contribution is 5.76. The van der Waals surface area contributed by atoms with Crippen molar-refractivity contribution < 1.29 is 64.6 Å². The average Bonchev–Trinajstić information content (AvgIpc) is 2.75. The van der Waals surface area contributed by atoms with Crippen LogP contribution in [0.3, 0.4) is 0 Å². The van der Waals surface area contributed by atoms with Gasteiger partial charge in [-0.2, -0.15) is 0 Å². The molecule has 0 aromatic carbocycles. The zero-order valence-electron chi connectivity index (χ0n) is 57.5. The van der Waals surface area contributed by atoms with Crippen molar-refractivity contribution in [3.8, 4) is 0 Å². The first-order valence-corrected chi connectivity index (χ1v) is 38.1. The molecule has 2 aliphatic heterocycles. The largest absolute Gasteiger partial charge is 0.394 e. The summed E-state index contributed by atoms with van der Waals surface area (Å²) in [6.45, 7) is 2.86. The van der Waals surface area contributed by atoms with Gasteiger partial charge in [-0.3, -0.25) is 4.79 Å². The van der Waals surface area contributed by atoms with E-state index in [1.54, 1.807) is 6.08 Å². The number of rotatable bonds is 64. The number of carbonyl (C=O) groups is 1. The van der Waals surface area contributed by atoms with Crippen molar-refractivity contribution >= 4 is 5.91 Å². The Hall–Kier alpha value is -1.53. The lowest BCUT2D eigenvalue weighted by Gasteiger charge is -2.46. The van der Waals surface area contributed by atoms with Gasteiger partial charge in [-0.15, -0.1) is 0 Å². The molecular weight excluding hydrogens is 1120 g/mol. The van der Waals surface area contributed by atoms with Crippen molar-refractivity contribution in [2.45, 2.75) is 428 Å². The van der Waals surface area contributed by atoms with Crippen molar-refractivity contribution in [3.63, 3.8) is 0 Å². The fraction of sp³-hybridized carbons (Fsp3) is 0.933. The average molecular weight is 1270 g/mol. The van der Waals surface area contributed by atoms with E-state index < -0.39 is 86.8 Å². The fourth-order valence-electron chi connectivity index (χ4n) is 12.8. The number of carbonyl (C=O) groups excluding carboxylic acids is 1. The molecule has 0 aromatic rings. The first-order chi connectivity index (χ1) is 43.6. The SMILES string of the molecule is CCCCCCCCCC/C=C\CCCCCCCCCCCCCCCCCC(=O)NC(COC1OC(CO)C(OC2OC(CO)C(O)C(O)C2O)C(O)C1O)C(O)/C=C/CCCCCCCCCCCCCCCCCCCCCCCCCCCC. The van der Waals surface area contributed by atoms with E-state index in [1.165, 1.54) is 289 Å². The summed E-state index contributed by atoms with van der Waals surface area (Å²) in [5.41, 5.74) is 0. The Morgan fingerprint density at radius 1 is 0.393 bits per heavy atom. The van der Waals surface area contributed by atoms with Crippen molar-refractivity contribution in [2.75, 3.05) is 19.8 Å². The minimum Gasteiger partial charge on any atom is -0.394 e. The molecule has 2 rings (SSSR count). The second-order valence-electron chi connectivity index (χ2n) is 27.1. The molecule has 2 heterocycles. The zero-order chi connectivity index (χ0) is 64.5. The highest BCUT2D eigenvalue weighted by atomic mass is 16.7. The van der Waals surface area contributed by atoms with E-state index in [9.17, 15) is 45.6 Å². The molecule has 14 nitrogen and oxygen atoms in total. The van der Waals surface area contributed by atoms with Gasteiger partial charge in [-0.1, -0.05) is 327 Å². The molecule has 526 valence electrons. The van der Waals surface area contributed by atoms with E-state index in [1.807, 2.05) is 6.08 Å². The third-order valence-electron chi connectivity index (χ3n) is 18.9. The maximum Gasteiger partial charge on any atom is 0.220 e. The van der Waals surface area contributed by atoms with Crippen LogP contribution in [0, 0.1) is 0 Å². The van der Waals surface area contributed by atoms with Gasteiger partial charge < -0.3 is 65.1 Å². The van der Waals surface area contributed by atoms with E-state index in [-0.39, 0.29) is 18.9 Å². The molecule has 12 unspecified atom stereocenters. The summed E-state index contributed by atoms with van der Waals surface area (Å²) in [7, 11) is 0. The molecule has 2 saturated heterocycles.